The third-order valence-electron chi connectivity index (χ3n) is 4.90. The monoisotopic (exact) mass is 400 g/mol. The molecule has 2 aromatic heterocycles. The van der Waals surface area contributed by atoms with Crippen LogP contribution in [0.5, 0.6) is 0 Å². The molecule has 4 aromatic rings. The molecule has 2 heterocycles. The number of nitrogens with zero attached hydrogens (tertiary/aromatic N) is 3. The molecule has 4 rings (SSSR count). The van der Waals surface area contributed by atoms with Crippen molar-refractivity contribution >= 4 is 16.7 Å². The first-order chi connectivity index (χ1) is 14.8. The molecular formula is C24H24N4O2. The summed E-state index contributed by atoms with van der Waals surface area (Å²) in [6.07, 6.45) is 4.98. The Morgan fingerprint density at radius 3 is 2.57 bits per heavy atom. The van der Waals surface area contributed by atoms with Crippen LogP contribution in [0.1, 0.15) is 25.3 Å². The number of hydrogen-bond acceptors (Lipinski definition) is 5. The van der Waals surface area contributed by atoms with Gasteiger partial charge in [0.25, 0.3) is 5.56 Å². The van der Waals surface area contributed by atoms with E-state index in [0.29, 0.717) is 24.5 Å². The first-order valence-corrected chi connectivity index (χ1v) is 10.1. The smallest absolute Gasteiger partial charge is 0.287 e. The number of pyridine rings is 1. The molecule has 0 bridgehead atoms. The molecule has 0 saturated carbocycles. The van der Waals surface area contributed by atoms with E-state index >= 15 is 0 Å². The average molecular weight is 400 g/mol. The van der Waals surface area contributed by atoms with Gasteiger partial charge in [0, 0.05) is 18.8 Å². The second kappa shape index (κ2) is 9.22. The molecule has 0 saturated heterocycles. The van der Waals surface area contributed by atoms with E-state index in [1.54, 1.807) is 6.20 Å². The third-order valence-corrected chi connectivity index (χ3v) is 4.90. The van der Waals surface area contributed by atoms with Crippen LogP contribution in [-0.4, -0.2) is 21.3 Å². The quantitative estimate of drug-likeness (QED) is 0.447. The van der Waals surface area contributed by atoms with Crippen molar-refractivity contribution in [2.75, 3.05) is 11.9 Å². The number of aromatic nitrogens is 3. The standard InChI is InChI=1S/C24H24N4O2/c1-2-3-13-30-28-23(29)14-22(21-16-25-17-27-24(21)28)26-15-18-9-11-20(12-10-18)19-7-5-4-6-8-19/h4-12,14,16-17,26H,2-3,13,15H2,1H3. The van der Waals surface area contributed by atoms with Gasteiger partial charge < -0.3 is 10.2 Å². The molecule has 2 aromatic carbocycles. The van der Waals surface area contributed by atoms with Crippen LogP contribution in [0.2, 0.25) is 0 Å². The molecule has 152 valence electrons. The van der Waals surface area contributed by atoms with Crippen LogP contribution in [0.3, 0.4) is 0 Å². The summed E-state index contributed by atoms with van der Waals surface area (Å²) in [7, 11) is 0. The zero-order valence-corrected chi connectivity index (χ0v) is 16.9. The lowest BCUT2D eigenvalue weighted by atomic mass is 10.0. The van der Waals surface area contributed by atoms with Crippen molar-refractivity contribution in [3.63, 3.8) is 0 Å². The molecule has 6 nitrogen and oxygen atoms in total. The number of benzene rings is 2. The van der Waals surface area contributed by atoms with E-state index in [0.717, 1.165) is 23.8 Å². The lowest BCUT2D eigenvalue weighted by Crippen LogP contribution is -2.28. The van der Waals surface area contributed by atoms with Gasteiger partial charge in [-0.15, -0.1) is 4.73 Å². The van der Waals surface area contributed by atoms with E-state index in [4.69, 9.17) is 4.84 Å². The normalized spacial score (nSPS) is 10.8. The first-order valence-electron chi connectivity index (χ1n) is 10.1. The Morgan fingerprint density at radius 1 is 1.03 bits per heavy atom. The number of rotatable bonds is 8. The minimum Gasteiger partial charge on any atom is -0.409 e. The van der Waals surface area contributed by atoms with Crippen molar-refractivity contribution in [2.45, 2.75) is 26.3 Å². The van der Waals surface area contributed by atoms with Gasteiger partial charge in [-0.05, 0) is 23.1 Å². The molecule has 0 unspecified atom stereocenters. The van der Waals surface area contributed by atoms with Gasteiger partial charge in [0.05, 0.1) is 11.1 Å². The summed E-state index contributed by atoms with van der Waals surface area (Å²) in [6, 6.07) is 20.2. The van der Waals surface area contributed by atoms with E-state index in [1.165, 1.54) is 28.3 Å². The van der Waals surface area contributed by atoms with Gasteiger partial charge in [-0.25, -0.2) is 9.97 Å². The maximum Gasteiger partial charge on any atom is 0.287 e. The molecule has 0 radical (unpaired) electrons. The second-order valence-electron chi connectivity index (χ2n) is 7.05. The fraction of sp³-hybridized carbons (Fsp3) is 0.208. The van der Waals surface area contributed by atoms with Crippen molar-refractivity contribution in [1.29, 1.82) is 0 Å². The average Bonchev–Trinajstić information content (AvgIpc) is 2.80. The van der Waals surface area contributed by atoms with Gasteiger partial charge in [-0.2, -0.15) is 0 Å². The van der Waals surface area contributed by atoms with Crippen LogP contribution in [-0.2, 0) is 6.54 Å². The number of fused-ring (bicyclic) bond motifs is 1. The predicted molar refractivity (Wildman–Crippen MR) is 119 cm³/mol. The maximum absolute atomic E-state index is 12.6. The van der Waals surface area contributed by atoms with Crippen molar-refractivity contribution in [2.24, 2.45) is 0 Å². The molecule has 0 atom stereocenters. The summed E-state index contributed by atoms with van der Waals surface area (Å²) in [5.74, 6) is 0. The van der Waals surface area contributed by atoms with Crippen LogP contribution in [0.15, 0.2) is 78.0 Å². The topological polar surface area (TPSA) is 69.0 Å². The zero-order valence-electron chi connectivity index (χ0n) is 16.9. The summed E-state index contributed by atoms with van der Waals surface area (Å²) in [4.78, 5) is 26.6. The van der Waals surface area contributed by atoms with E-state index in [1.807, 2.05) is 18.2 Å². The fourth-order valence-corrected chi connectivity index (χ4v) is 3.25. The fourth-order valence-electron chi connectivity index (χ4n) is 3.25. The molecule has 0 spiro atoms. The molecule has 1 N–H and O–H groups in total. The van der Waals surface area contributed by atoms with Crippen LogP contribution in [0, 0.1) is 0 Å². The van der Waals surface area contributed by atoms with Crippen LogP contribution < -0.4 is 15.7 Å². The van der Waals surface area contributed by atoms with E-state index < -0.39 is 0 Å². The Balaban J connectivity index is 1.54. The van der Waals surface area contributed by atoms with Gasteiger partial charge >= 0.3 is 0 Å². The Bertz CT molecular complexity index is 1170. The van der Waals surface area contributed by atoms with E-state index in [9.17, 15) is 4.79 Å². The minimum atomic E-state index is -0.251. The Hall–Kier alpha value is -3.67. The molecule has 0 aliphatic heterocycles. The Labute approximate surface area is 175 Å². The molecule has 30 heavy (non-hydrogen) atoms. The van der Waals surface area contributed by atoms with E-state index in [2.05, 4.69) is 58.6 Å². The van der Waals surface area contributed by atoms with Gasteiger partial charge in [0.15, 0.2) is 5.65 Å². The highest BCUT2D eigenvalue weighted by molar-refractivity contribution is 5.87. The minimum absolute atomic E-state index is 0.251. The van der Waals surface area contributed by atoms with E-state index in [-0.39, 0.29) is 5.56 Å². The van der Waals surface area contributed by atoms with Gasteiger partial charge in [-0.1, -0.05) is 67.9 Å². The summed E-state index contributed by atoms with van der Waals surface area (Å²) >= 11 is 0. The predicted octanol–water partition coefficient (Wildman–Crippen LogP) is 4.30. The highest BCUT2D eigenvalue weighted by Gasteiger charge is 2.11. The summed E-state index contributed by atoms with van der Waals surface area (Å²) in [5.41, 5.74) is 4.38. The second-order valence-corrected chi connectivity index (χ2v) is 7.05. The summed E-state index contributed by atoms with van der Waals surface area (Å²) in [5, 5.41) is 4.09. The molecule has 0 aliphatic carbocycles. The van der Waals surface area contributed by atoms with Crippen LogP contribution in [0.4, 0.5) is 5.69 Å². The third kappa shape index (κ3) is 4.33. The molecule has 0 fully saturated rings. The summed E-state index contributed by atoms with van der Waals surface area (Å²) < 4.78 is 1.26. The Kier molecular flexibility index (Phi) is 6.03. The largest absolute Gasteiger partial charge is 0.409 e. The first kappa shape index (κ1) is 19.6. The lowest BCUT2D eigenvalue weighted by Gasteiger charge is -2.14. The van der Waals surface area contributed by atoms with Crippen molar-refractivity contribution in [1.82, 2.24) is 14.7 Å². The molecule has 0 aliphatic rings. The number of anilines is 1. The Morgan fingerprint density at radius 2 is 1.80 bits per heavy atom. The van der Waals surface area contributed by atoms with Crippen LogP contribution in [0.25, 0.3) is 22.2 Å². The maximum atomic E-state index is 12.6. The van der Waals surface area contributed by atoms with Crippen molar-refractivity contribution in [3.05, 3.63) is 89.1 Å². The number of unbranched alkanes of at least 4 members (excludes halogenated alkanes) is 1. The number of hydrogen-bond donors (Lipinski definition) is 1. The van der Waals surface area contributed by atoms with Gasteiger partial charge in [-0.3, -0.25) is 4.79 Å². The van der Waals surface area contributed by atoms with Gasteiger partial charge in [0.1, 0.15) is 12.9 Å². The summed E-state index contributed by atoms with van der Waals surface area (Å²) in [6.45, 7) is 3.13. The molecule has 0 amide bonds. The molecular weight excluding hydrogens is 376 g/mol. The van der Waals surface area contributed by atoms with Gasteiger partial charge in [0.2, 0.25) is 0 Å². The lowest BCUT2D eigenvalue weighted by molar-refractivity contribution is 0.108. The van der Waals surface area contributed by atoms with Crippen LogP contribution >= 0.6 is 0 Å². The number of nitrogens with one attached hydrogen (secondary N) is 1. The zero-order chi connectivity index (χ0) is 20.8. The highest BCUT2D eigenvalue weighted by atomic mass is 16.7. The SMILES string of the molecule is CCCCOn1c(=O)cc(NCc2ccc(-c3ccccc3)cc2)c2cncnc21. The molecule has 6 heteroatoms. The highest BCUT2D eigenvalue weighted by Crippen LogP contribution is 2.21. The van der Waals surface area contributed by atoms with Crippen molar-refractivity contribution < 1.29 is 4.84 Å². The van der Waals surface area contributed by atoms with Crippen molar-refractivity contribution in [3.8, 4) is 11.1 Å².